The number of aromatic carboxylic acids is 1. The summed E-state index contributed by atoms with van der Waals surface area (Å²) in [5, 5.41) is 12.4. The van der Waals surface area contributed by atoms with Crippen molar-refractivity contribution in [2.75, 3.05) is 44.9 Å². The SMILES string of the molecule is CNC(=O)c1c(-c2ccc(F)cc2)oc2cc(N3CCOCC3)c(OCCc3ccc(C(=O)O)cc3)cc12. The lowest BCUT2D eigenvalue weighted by Crippen LogP contribution is -2.36. The van der Waals surface area contributed by atoms with Crippen molar-refractivity contribution in [1.82, 2.24) is 5.32 Å². The van der Waals surface area contributed by atoms with Gasteiger partial charge in [0, 0.05) is 43.6 Å². The largest absolute Gasteiger partial charge is 0.491 e. The Bertz CT molecular complexity index is 1460. The molecule has 4 aromatic rings. The number of carboxylic acids is 1. The Labute approximate surface area is 218 Å². The van der Waals surface area contributed by atoms with E-state index < -0.39 is 5.97 Å². The van der Waals surface area contributed by atoms with Gasteiger partial charge in [-0.25, -0.2) is 9.18 Å². The van der Waals surface area contributed by atoms with E-state index in [2.05, 4.69) is 10.2 Å². The number of fused-ring (bicyclic) bond motifs is 1. The molecule has 8 nitrogen and oxygen atoms in total. The Balaban J connectivity index is 1.52. The van der Waals surface area contributed by atoms with Gasteiger partial charge in [0.15, 0.2) is 0 Å². The first-order valence-corrected chi connectivity index (χ1v) is 12.3. The van der Waals surface area contributed by atoms with Crippen LogP contribution in [-0.4, -0.2) is 56.9 Å². The fourth-order valence-corrected chi connectivity index (χ4v) is 4.53. The molecule has 2 heterocycles. The zero-order valence-electron chi connectivity index (χ0n) is 20.8. The molecule has 1 fully saturated rings. The van der Waals surface area contributed by atoms with E-state index in [0.29, 0.717) is 72.9 Å². The minimum absolute atomic E-state index is 0.230. The zero-order chi connectivity index (χ0) is 26.6. The van der Waals surface area contributed by atoms with Crippen LogP contribution in [0.5, 0.6) is 5.75 Å². The molecule has 0 unspecified atom stereocenters. The molecule has 0 aliphatic carbocycles. The van der Waals surface area contributed by atoms with Gasteiger partial charge >= 0.3 is 5.97 Å². The highest BCUT2D eigenvalue weighted by molar-refractivity contribution is 6.12. The Hall–Kier alpha value is -4.37. The van der Waals surface area contributed by atoms with Gasteiger partial charge in [-0.15, -0.1) is 0 Å². The van der Waals surface area contributed by atoms with Crippen LogP contribution in [0.1, 0.15) is 26.3 Å². The highest BCUT2D eigenvalue weighted by Gasteiger charge is 2.25. The second-order valence-corrected chi connectivity index (χ2v) is 8.91. The number of furan rings is 1. The Morgan fingerprint density at radius 1 is 1.05 bits per heavy atom. The highest BCUT2D eigenvalue weighted by Crippen LogP contribution is 2.40. The van der Waals surface area contributed by atoms with Gasteiger partial charge in [-0.1, -0.05) is 12.1 Å². The van der Waals surface area contributed by atoms with Crippen molar-refractivity contribution in [2.45, 2.75) is 6.42 Å². The van der Waals surface area contributed by atoms with Crippen LogP contribution in [0.3, 0.4) is 0 Å². The molecule has 196 valence electrons. The van der Waals surface area contributed by atoms with Crippen LogP contribution in [0.15, 0.2) is 65.1 Å². The first kappa shape index (κ1) is 25.3. The predicted octanol–water partition coefficient (Wildman–Crippen LogP) is 4.75. The summed E-state index contributed by atoms with van der Waals surface area (Å²) in [6, 6.07) is 16.2. The smallest absolute Gasteiger partial charge is 0.335 e. The molecule has 2 N–H and O–H groups in total. The summed E-state index contributed by atoms with van der Waals surface area (Å²) in [7, 11) is 1.55. The van der Waals surface area contributed by atoms with Gasteiger partial charge in [0.25, 0.3) is 5.91 Å². The molecule has 0 radical (unpaired) electrons. The van der Waals surface area contributed by atoms with Crippen LogP contribution in [0.25, 0.3) is 22.3 Å². The summed E-state index contributed by atoms with van der Waals surface area (Å²) in [6.45, 7) is 2.84. The Morgan fingerprint density at radius 3 is 2.42 bits per heavy atom. The van der Waals surface area contributed by atoms with Crippen molar-refractivity contribution >= 4 is 28.5 Å². The number of amides is 1. The van der Waals surface area contributed by atoms with Gasteiger partial charge in [0.2, 0.25) is 0 Å². The molecule has 9 heteroatoms. The van der Waals surface area contributed by atoms with E-state index in [1.807, 2.05) is 12.1 Å². The average molecular weight is 519 g/mol. The topological polar surface area (TPSA) is 101 Å². The molecule has 0 spiro atoms. The molecule has 3 aromatic carbocycles. The number of ether oxygens (including phenoxy) is 2. The third-order valence-electron chi connectivity index (χ3n) is 6.53. The number of halogens is 1. The lowest BCUT2D eigenvalue weighted by Gasteiger charge is -2.30. The van der Waals surface area contributed by atoms with E-state index in [0.717, 1.165) is 11.3 Å². The summed E-state index contributed by atoms with van der Waals surface area (Å²) >= 11 is 0. The number of carboxylic acid groups (broad SMARTS) is 1. The van der Waals surface area contributed by atoms with E-state index in [1.54, 1.807) is 43.4 Å². The maximum atomic E-state index is 13.6. The molecule has 1 saturated heterocycles. The van der Waals surface area contributed by atoms with Crippen molar-refractivity contribution in [3.8, 4) is 17.1 Å². The van der Waals surface area contributed by atoms with Crippen molar-refractivity contribution < 1.29 is 33.0 Å². The molecular formula is C29H27FN2O6. The number of nitrogens with one attached hydrogen (secondary N) is 1. The van der Waals surface area contributed by atoms with Gasteiger partial charge in [0.1, 0.15) is 22.9 Å². The van der Waals surface area contributed by atoms with Gasteiger partial charge in [-0.3, -0.25) is 4.79 Å². The summed E-state index contributed by atoms with van der Waals surface area (Å²) in [6.07, 6.45) is 0.564. The van der Waals surface area contributed by atoms with Crippen molar-refractivity contribution in [3.63, 3.8) is 0 Å². The molecule has 5 rings (SSSR count). The quantitative estimate of drug-likeness (QED) is 0.347. The summed E-state index contributed by atoms with van der Waals surface area (Å²) in [5.74, 6) is -0.731. The standard InChI is InChI=1S/C29H27FN2O6/c1-31-28(33)26-22-16-25(37-13-10-18-2-4-20(5-3-18)29(34)35)23(32-11-14-36-15-12-32)17-24(22)38-27(26)19-6-8-21(30)9-7-19/h2-9,16-17H,10-15H2,1H3,(H,31,33)(H,34,35). The number of benzene rings is 3. The fraction of sp³-hybridized carbons (Fsp3) is 0.241. The van der Waals surface area contributed by atoms with E-state index in [1.165, 1.54) is 12.1 Å². The van der Waals surface area contributed by atoms with Crippen molar-refractivity contribution in [3.05, 3.63) is 83.2 Å². The maximum Gasteiger partial charge on any atom is 0.335 e. The van der Waals surface area contributed by atoms with Crippen LogP contribution in [0, 0.1) is 5.82 Å². The first-order valence-electron chi connectivity index (χ1n) is 12.3. The van der Waals surface area contributed by atoms with Crippen LogP contribution in [-0.2, 0) is 11.2 Å². The molecule has 1 aromatic heterocycles. The summed E-state index contributed by atoms with van der Waals surface area (Å²) in [5.41, 5.74) is 3.44. The molecule has 1 aliphatic heterocycles. The molecule has 1 amide bonds. The molecule has 0 saturated carbocycles. The number of hydrogen-bond acceptors (Lipinski definition) is 6. The molecule has 0 atom stereocenters. The van der Waals surface area contributed by atoms with Crippen LogP contribution in [0.4, 0.5) is 10.1 Å². The first-order chi connectivity index (χ1) is 18.4. The lowest BCUT2D eigenvalue weighted by atomic mass is 10.0. The molecule has 0 bridgehead atoms. The van der Waals surface area contributed by atoms with Gasteiger partial charge in [0.05, 0.1) is 36.6 Å². The summed E-state index contributed by atoms with van der Waals surface area (Å²) < 4.78 is 31.5. The van der Waals surface area contributed by atoms with Crippen LogP contribution in [0.2, 0.25) is 0 Å². The van der Waals surface area contributed by atoms with E-state index in [4.69, 9.17) is 19.0 Å². The summed E-state index contributed by atoms with van der Waals surface area (Å²) in [4.78, 5) is 26.2. The number of hydrogen-bond donors (Lipinski definition) is 2. The van der Waals surface area contributed by atoms with Gasteiger partial charge < -0.3 is 29.2 Å². The molecule has 1 aliphatic rings. The minimum atomic E-state index is -0.969. The Kier molecular flexibility index (Phi) is 7.28. The van der Waals surface area contributed by atoms with E-state index in [-0.39, 0.29) is 17.3 Å². The average Bonchev–Trinajstić information content (AvgIpc) is 3.31. The van der Waals surface area contributed by atoms with E-state index >= 15 is 0 Å². The number of anilines is 1. The fourth-order valence-electron chi connectivity index (χ4n) is 4.53. The second-order valence-electron chi connectivity index (χ2n) is 8.91. The van der Waals surface area contributed by atoms with Crippen molar-refractivity contribution in [2.24, 2.45) is 0 Å². The third-order valence-corrected chi connectivity index (χ3v) is 6.53. The van der Waals surface area contributed by atoms with Crippen LogP contribution < -0.4 is 15.0 Å². The second kappa shape index (κ2) is 10.9. The highest BCUT2D eigenvalue weighted by atomic mass is 19.1. The predicted molar refractivity (Wildman–Crippen MR) is 141 cm³/mol. The number of nitrogens with zero attached hydrogens (tertiary/aromatic N) is 1. The number of carbonyl (C=O) groups excluding carboxylic acids is 1. The zero-order valence-corrected chi connectivity index (χ0v) is 20.8. The Morgan fingerprint density at radius 2 is 1.76 bits per heavy atom. The monoisotopic (exact) mass is 518 g/mol. The minimum Gasteiger partial charge on any atom is -0.491 e. The number of morpholine rings is 1. The number of carbonyl (C=O) groups is 2. The normalized spacial score (nSPS) is 13.5. The number of rotatable bonds is 8. The van der Waals surface area contributed by atoms with Crippen molar-refractivity contribution in [1.29, 1.82) is 0 Å². The molecule has 38 heavy (non-hydrogen) atoms. The third kappa shape index (κ3) is 5.19. The van der Waals surface area contributed by atoms with Gasteiger partial charge in [-0.05, 0) is 48.0 Å². The van der Waals surface area contributed by atoms with E-state index in [9.17, 15) is 14.0 Å². The van der Waals surface area contributed by atoms with Crippen LogP contribution >= 0.6 is 0 Å². The maximum absolute atomic E-state index is 13.6. The van der Waals surface area contributed by atoms with Gasteiger partial charge in [-0.2, -0.15) is 0 Å². The lowest BCUT2D eigenvalue weighted by molar-refractivity contribution is 0.0696. The molecular weight excluding hydrogens is 491 g/mol.